The molecule has 27 heavy (non-hydrogen) atoms. The predicted octanol–water partition coefficient (Wildman–Crippen LogP) is 2.74. The number of aryl methyl sites for hydroxylation is 1. The zero-order chi connectivity index (χ0) is 18.7. The van der Waals surface area contributed by atoms with Crippen molar-refractivity contribution in [3.63, 3.8) is 0 Å². The first-order valence-electron chi connectivity index (χ1n) is 9.89. The van der Waals surface area contributed by atoms with E-state index in [4.69, 9.17) is 0 Å². The second-order valence-corrected chi connectivity index (χ2v) is 6.94. The fourth-order valence-corrected chi connectivity index (χ4v) is 3.40. The number of urea groups is 1. The lowest BCUT2D eigenvalue weighted by atomic mass is 10.1. The van der Waals surface area contributed by atoms with E-state index in [1.807, 2.05) is 6.07 Å². The van der Waals surface area contributed by atoms with Gasteiger partial charge in [0.2, 0.25) is 0 Å². The van der Waals surface area contributed by atoms with Crippen LogP contribution in [0.5, 0.6) is 0 Å². The lowest BCUT2D eigenvalue weighted by molar-refractivity contribution is 0.232. The Balaban J connectivity index is 1.23. The number of hydrogen-bond donors (Lipinski definition) is 2. The van der Waals surface area contributed by atoms with Crippen molar-refractivity contribution in [2.24, 2.45) is 0 Å². The Kier molecular flexibility index (Phi) is 7.54. The minimum atomic E-state index is -0.0639. The Morgan fingerprint density at radius 2 is 1.44 bits per heavy atom. The summed E-state index contributed by atoms with van der Waals surface area (Å²) in [5.74, 6) is 0. The van der Waals surface area contributed by atoms with Gasteiger partial charge < -0.3 is 15.5 Å². The molecule has 0 bridgehead atoms. The van der Waals surface area contributed by atoms with Crippen LogP contribution < -0.4 is 15.5 Å². The third-order valence-electron chi connectivity index (χ3n) is 4.98. The number of carbonyl (C=O) groups is 1. The highest BCUT2D eigenvalue weighted by atomic mass is 16.2. The van der Waals surface area contributed by atoms with Crippen molar-refractivity contribution in [2.75, 3.05) is 50.7 Å². The third-order valence-corrected chi connectivity index (χ3v) is 4.98. The maximum absolute atomic E-state index is 11.9. The number of anilines is 1. The molecule has 2 aromatic rings. The lowest BCUT2D eigenvalue weighted by Crippen LogP contribution is -2.49. The Bertz CT molecular complexity index is 669. The number of rotatable bonds is 8. The average Bonchev–Trinajstić information content (AvgIpc) is 2.73. The van der Waals surface area contributed by atoms with Crippen LogP contribution in [0.25, 0.3) is 0 Å². The first kappa shape index (κ1) is 19.2. The van der Waals surface area contributed by atoms with Crippen LogP contribution in [0.2, 0.25) is 0 Å². The molecule has 2 aromatic carbocycles. The van der Waals surface area contributed by atoms with Crippen LogP contribution in [0.15, 0.2) is 60.7 Å². The summed E-state index contributed by atoms with van der Waals surface area (Å²) in [6.07, 6.45) is 1.95. The number of nitrogens with zero attached hydrogens (tertiary/aromatic N) is 2. The molecule has 5 heteroatoms. The van der Waals surface area contributed by atoms with Gasteiger partial charge in [-0.05, 0) is 30.5 Å². The monoisotopic (exact) mass is 366 g/mol. The Labute approximate surface area is 162 Å². The quantitative estimate of drug-likeness (QED) is 0.706. The van der Waals surface area contributed by atoms with E-state index in [2.05, 4.69) is 75.0 Å². The van der Waals surface area contributed by atoms with Crippen molar-refractivity contribution in [3.8, 4) is 0 Å². The number of carbonyl (C=O) groups excluding carboxylic acids is 1. The molecule has 0 unspecified atom stereocenters. The zero-order valence-corrected chi connectivity index (χ0v) is 15.9. The van der Waals surface area contributed by atoms with Gasteiger partial charge in [-0.15, -0.1) is 0 Å². The standard InChI is InChI=1S/C22H30N4O/c27-22(23-13-7-10-20-8-3-1-4-9-20)24-14-15-25-16-18-26(19-17-25)21-11-5-2-6-12-21/h1-6,8-9,11-12H,7,10,13-19H2,(H2,23,24,27). The molecule has 2 amide bonds. The zero-order valence-electron chi connectivity index (χ0n) is 15.9. The molecule has 0 aromatic heterocycles. The van der Waals surface area contributed by atoms with Gasteiger partial charge in [0.05, 0.1) is 0 Å². The normalized spacial score (nSPS) is 14.7. The first-order valence-corrected chi connectivity index (χ1v) is 9.89. The van der Waals surface area contributed by atoms with E-state index in [1.165, 1.54) is 11.3 Å². The molecule has 0 atom stereocenters. The summed E-state index contributed by atoms with van der Waals surface area (Å²) in [7, 11) is 0. The van der Waals surface area contributed by atoms with Crippen molar-refractivity contribution < 1.29 is 4.79 Å². The second kappa shape index (κ2) is 10.6. The molecule has 1 fully saturated rings. The molecule has 1 saturated heterocycles. The van der Waals surface area contributed by atoms with Gasteiger partial charge in [0.25, 0.3) is 0 Å². The maximum atomic E-state index is 11.9. The van der Waals surface area contributed by atoms with Gasteiger partial charge in [-0.25, -0.2) is 4.79 Å². The van der Waals surface area contributed by atoms with Gasteiger partial charge in [0.1, 0.15) is 0 Å². The van der Waals surface area contributed by atoms with E-state index in [-0.39, 0.29) is 6.03 Å². The topological polar surface area (TPSA) is 47.6 Å². The molecule has 1 aliphatic heterocycles. The minimum absolute atomic E-state index is 0.0639. The predicted molar refractivity (Wildman–Crippen MR) is 111 cm³/mol. The summed E-state index contributed by atoms with van der Waals surface area (Å²) in [4.78, 5) is 16.7. The Hall–Kier alpha value is -2.53. The van der Waals surface area contributed by atoms with E-state index in [1.54, 1.807) is 0 Å². The fraction of sp³-hybridized carbons (Fsp3) is 0.409. The summed E-state index contributed by atoms with van der Waals surface area (Å²) in [5, 5.41) is 5.91. The number of benzene rings is 2. The van der Waals surface area contributed by atoms with Crippen molar-refractivity contribution in [3.05, 3.63) is 66.2 Å². The SMILES string of the molecule is O=C(NCCCc1ccccc1)NCCN1CCN(c2ccccc2)CC1. The van der Waals surface area contributed by atoms with E-state index in [0.717, 1.165) is 45.6 Å². The molecular weight excluding hydrogens is 336 g/mol. The molecule has 1 heterocycles. The molecule has 144 valence electrons. The van der Waals surface area contributed by atoms with Gasteiger partial charge in [-0.2, -0.15) is 0 Å². The third kappa shape index (κ3) is 6.61. The molecule has 2 N–H and O–H groups in total. The van der Waals surface area contributed by atoms with Crippen LogP contribution in [0, 0.1) is 0 Å². The summed E-state index contributed by atoms with van der Waals surface area (Å²) in [5.41, 5.74) is 2.61. The fourth-order valence-electron chi connectivity index (χ4n) is 3.40. The Morgan fingerprint density at radius 3 is 2.15 bits per heavy atom. The number of amides is 2. The van der Waals surface area contributed by atoms with E-state index in [0.29, 0.717) is 13.1 Å². The lowest BCUT2D eigenvalue weighted by Gasteiger charge is -2.36. The smallest absolute Gasteiger partial charge is 0.314 e. The number of nitrogens with one attached hydrogen (secondary N) is 2. The molecule has 0 aliphatic carbocycles. The van der Waals surface area contributed by atoms with E-state index >= 15 is 0 Å². The van der Waals surface area contributed by atoms with Crippen molar-refractivity contribution in [2.45, 2.75) is 12.8 Å². The number of piperazine rings is 1. The summed E-state index contributed by atoms with van der Waals surface area (Å²) < 4.78 is 0. The maximum Gasteiger partial charge on any atom is 0.314 e. The van der Waals surface area contributed by atoms with Crippen LogP contribution in [0.4, 0.5) is 10.5 Å². The molecule has 5 nitrogen and oxygen atoms in total. The Morgan fingerprint density at radius 1 is 0.815 bits per heavy atom. The van der Waals surface area contributed by atoms with Gasteiger partial charge in [-0.1, -0.05) is 48.5 Å². The largest absolute Gasteiger partial charge is 0.369 e. The average molecular weight is 367 g/mol. The number of hydrogen-bond acceptors (Lipinski definition) is 3. The van der Waals surface area contributed by atoms with Gasteiger partial charge in [0.15, 0.2) is 0 Å². The highest BCUT2D eigenvalue weighted by Gasteiger charge is 2.16. The van der Waals surface area contributed by atoms with Gasteiger partial charge in [0, 0.05) is 51.5 Å². The molecule has 1 aliphatic rings. The van der Waals surface area contributed by atoms with Gasteiger partial charge >= 0.3 is 6.03 Å². The number of para-hydroxylation sites is 1. The van der Waals surface area contributed by atoms with Crippen LogP contribution in [0.1, 0.15) is 12.0 Å². The van der Waals surface area contributed by atoms with Crippen LogP contribution in [0.3, 0.4) is 0 Å². The molecule has 3 rings (SSSR count). The summed E-state index contributed by atoms with van der Waals surface area (Å²) in [6, 6.07) is 20.9. The summed E-state index contributed by atoms with van der Waals surface area (Å²) >= 11 is 0. The van der Waals surface area contributed by atoms with Crippen molar-refractivity contribution >= 4 is 11.7 Å². The van der Waals surface area contributed by atoms with Crippen LogP contribution in [-0.2, 0) is 6.42 Å². The molecule has 0 saturated carbocycles. The van der Waals surface area contributed by atoms with Crippen molar-refractivity contribution in [1.82, 2.24) is 15.5 Å². The molecular formula is C22H30N4O. The van der Waals surface area contributed by atoms with Crippen LogP contribution in [-0.4, -0.2) is 56.7 Å². The minimum Gasteiger partial charge on any atom is -0.369 e. The van der Waals surface area contributed by atoms with E-state index in [9.17, 15) is 4.79 Å². The van der Waals surface area contributed by atoms with Gasteiger partial charge in [-0.3, -0.25) is 4.90 Å². The summed E-state index contributed by atoms with van der Waals surface area (Å²) in [6.45, 7) is 6.45. The highest BCUT2D eigenvalue weighted by molar-refractivity contribution is 5.73. The van der Waals surface area contributed by atoms with Crippen LogP contribution >= 0.6 is 0 Å². The molecule has 0 spiro atoms. The van der Waals surface area contributed by atoms with E-state index < -0.39 is 0 Å². The highest BCUT2D eigenvalue weighted by Crippen LogP contribution is 2.15. The second-order valence-electron chi connectivity index (χ2n) is 6.94. The molecule has 0 radical (unpaired) electrons. The van der Waals surface area contributed by atoms with Crippen molar-refractivity contribution in [1.29, 1.82) is 0 Å². The first-order chi connectivity index (χ1) is 13.3.